The zero-order chi connectivity index (χ0) is 15.1. The molecule has 0 aromatic rings. The summed E-state index contributed by atoms with van der Waals surface area (Å²) in [6.07, 6.45) is 1.57. The summed E-state index contributed by atoms with van der Waals surface area (Å²) in [5.74, 6) is -1.67. The van der Waals surface area contributed by atoms with Crippen LogP contribution in [0.15, 0.2) is 12.7 Å². The quantitative estimate of drug-likeness (QED) is 0.643. The van der Waals surface area contributed by atoms with Crippen molar-refractivity contribution in [1.82, 2.24) is 9.80 Å². The van der Waals surface area contributed by atoms with E-state index in [1.165, 1.54) is 9.80 Å². The third-order valence-electron chi connectivity index (χ3n) is 3.34. The highest BCUT2D eigenvalue weighted by Crippen LogP contribution is 2.21. The van der Waals surface area contributed by atoms with Crippen LogP contribution in [0.1, 0.15) is 6.92 Å². The molecule has 0 spiro atoms. The zero-order valence-corrected chi connectivity index (χ0v) is 11.7. The molecule has 7 heteroatoms. The van der Waals surface area contributed by atoms with E-state index >= 15 is 0 Å². The second-order valence-corrected chi connectivity index (χ2v) is 4.58. The van der Waals surface area contributed by atoms with Crippen molar-refractivity contribution in [1.29, 1.82) is 0 Å². The van der Waals surface area contributed by atoms with Gasteiger partial charge in [0.1, 0.15) is 5.92 Å². The second kappa shape index (κ2) is 7.86. The molecule has 0 aromatic heterocycles. The Morgan fingerprint density at radius 2 is 2.15 bits per heavy atom. The Morgan fingerprint density at radius 1 is 1.45 bits per heavy atom. The molecule has 1 heterocycles. The number of urea groups is 1. The van der Waals surface area contributed by atoms with Crippen LogP contribution < -0.4 is 0 Å². The average Bonchev–Trinajstić information content (AvgIpc) is 2.88. The van der Waals surface area contributed by atoms with Gasteiger partial charge in [0.2, 0.25) is 0 Å². The topological polar surface area (TPSA) is 90.3 Å². The predicted octanol–water partition coefficient (Wildman–Crippen LogP) is 0.00820. The summed E-state index contributed by atoms with van der Waals surface area (Å²) in [5.41, 5.74) is 0. The normalized spacial score (nSPS) is 21.5. The molecule has 1 aliphatic rings. The Kier molecular flexibility index (Phi) is 6.47. The number of ether oxygens (including phenoxy) is 1. The summed E-state index contributed by atoms with van der Waals surface area (Å²) >= 11 is 0. The van der Waals surface area contributed by atoms with Gasteiger partial charge in [-0.2, -0.15) is 0 Å². The molecule has 0 bridgehead atoms. The summed E-state index contributed by atoms with van der Waals surface area (Å²) in [6.45, 7) is 6.43. The van der Waals surface area contributed by atoms with Crippen LogP contribution in [0.25, 0.3) is 0 Å². The van der Waals surface area contributed by atoms with E-state index in [4.69, 9.17) is 14.9 Å². The Labute approximate surface area is 118 Å². The van der Waals surface area contributed by atoms with E-state index in [1.807, 2.05) is 0 Å². The number of carboxylic acids is 1. The van der Waals surface area contributed by atoms with Crippen LogP contribution in [0.5, 0.6) is 0 Å². The first-order chi connectivity index (χ1) is 9.56. The zero-order valence-electron chi connectivity index (χ0n) is 11.7. The Morgan fingerprint density at radius 3 is 2.65 bits per heavy atom. The maximum atomic E-state index is 12.5. The van der Waals surface area contributed by atoms with Gasteiger partial charge in [0, 0.05) is 19.6 Å². The third kappa shape index (κ3) is 3.71. The maximum Gasteiger partial charge on any atom is 0.320 e. The van der Waals surface area contributed by atoms with E-state index in [0.717, 1.165) is 0 Å². The molecular weight excluding hydrogens is 264 g/mol. The first kappa shape index (κ1) is 16.5. The highest BCUT2D eigenvalue weighted by atomic mass is 16.5. The number of aliphatic carboxylic acids is 1. The van der Waals surface area contributed by atoms with Crippen molar-refractivity contribution in [3.63, 3.8) is 0 Å². The third-order valence-corrected chi connectivity index (χ3v) is 3.34. The standard InChI is InChI=1S/C13H22N2O5/c1-3-5-14(6-7-16)13(19)15(4-2)11-9-20-8-10(11)12(17)18/h3,10-11,16H,1,4-9H2,2H3,(H,17,18). The van der Waals surface area contributed by atoms with Gasteiger partial charge in [0.15, 0.2) is 0 Å². The van der Waals surface area contributed by atoms with E-state index < -0.39 is 17.9 Å². The number of carboxylic acid groups (broad SMARTS) is 1. The van der Waals surface area contributed by atoms with Gasteiger partial charge in [0.05, 0.1) is 25.9 Å². The first-order valence-corrected chi connectivity index (χ1v) is 6.64. The monoisotopic (exact) mass is 286 g/mol. The Hall–Kier alpha value is -1.60. The van der Waals surface area contributed by atoms with Crippen molar-refractivity contribution in [2.45, 2.75) is 13.0 Å². The molecule has 114 valence electrons. The van der Waals surface area contributed by atoms with Gasteiger partial charge in [-0.25, -0.2) is 4.79 Å². The molecule has 2 unspecified atom stereocenters. The minimum Gasteiger partial charge on any atom is -0.481 e. The molecule has 2 amide bonds. The lowest BCUT2D eigenvalue weighted by Crippen LogP contribution is -2.52. The van der Waals surface area contributed by atoms with Gasteiger partial charge >= 0.3 is 12.0 Å². The van der Waals surface area contributed by atoms with Gasteiger partial charge in [-0.15, -0.1) is 6.58 Å². The molecule has 7 nitrogen and oxygen atoms in total. The Bertz CT molecular complexity index is 361. The lowest BCUT2D eigenvalue weighted by molar-refractivity contribution is -0.142. The van der Waals surface area contributed by atoms with Crippen LogP contribution in [-0.4, -0.2) is 77.5 Å². The van der Waals surface area contributed by atoms with Crippen molar-refractivity contribution in [2.24, 2.45) is 5.92 Å². The van der Waals surface area contributed by atoms with Crippen molar-refractivity contribution < 1.29 is 24.5 Å². The van der Waals surface area contributed by atoms with Gasteiger partial charge in [-0.1, -0.05) is 6.08 Å². The van der Waals surface area contributed by atoms with Crippen LogP contribution in [-0.2, 0) is 9.53 Å². The van der Waals surface area contributed by atoms with Crippen LogP contribution >= 0.6 is 0 Å². The predicted molar refractivity (Wildman–Crippen MR) is 72.4 cm³/mol. The van der Waals surface area contributed by atoms with Crippen LogP contribution in [0.2, 0.25) is 0 Å². The van der Waals surface area contributed by atoms with Crippen molar-refractivity contribution in [3.8, 4) is 0 Å². The fourth-order valence-electron chi connectivity index (χ4n) is 2.32. The van der Waals surface area contributed by atoms with Crippen LogP contribution in [0, 0.1) is 5.92 Å². The highest BCUT2D eigenvalue weighted by molar-refractivity contribution is 5.77. The molecule has 0 aromatic carbocycles. The van der Waals surface area contributed by atoms with Gasteiger partial charge in [-0.05, 0) is 6.92 Å². The SMILES string of the molecule is C=CCN(CCO)C(=O)N(CC)C1COCC1C(=O)O. The van der Waals surface area contributed by atoms with E-state index in [0.29, 0.717) is 13.1 Å². The van der Waals surface area contributed by atoms with Crippen LogP contribution in [0.4, 0.5) is 4.79 Å². The summed E-state index contributed by atoms with van der Waals surface area (Å²) in [7, 11) is 0. The molecule has 1 rings (SSSR count). The molecule has 20 heavy (non-hydrogen) atoms. The molecule has 1 saturated heterocycles. The molecule has 2 atom stereocenters. The largest absolute Gasteiger partial charge is 0.481 e. The molecule has 2 N–H and O–H groups in total. The van der Waals surface area contributed by atoms with Crippen LogP contribution in [0.3, 0.4) is 0 Å². The highest BCUT2D eigenvalue weighted by Gasteiger charge is 2.40. The average molecular weight is 286 g/mol. The van der Waals surface area contributed by atoms with E-state index in [2.05, 4.69) is 6.58 Å². The van der Waals surface area contributed by atoms with Gasteiger partial charge in [-0.3, -0.25) is 4.79 Å². The summed E-state index contributed by atoms with van der Waals surface area (Å²) in [6, 6.07) is -0.779. The van der Waals surface area contributed by atoms with Crippen molar-refractivity contribution in [3.05, 3.63) is 12.7 Å². The number of rotatable bonds is 7. The fraction of sp³-hybridized carbons (Fsp3) is 0.692. The number of carbonyl (C=O) groups is 2. The molecule has 1 aliphatic heterocycles. The number of aliphatic hydroxyl groups excluding tert-OH is 1. The van der Waals surface area contributed by atoms with Gasteiger partial charge in [0.25, 0.3) is 0 Å². The minimum absolute atomic E-state index is 0.116. The van der Waals surface area contributed by atoms with Crippen molar-refractivity contribution >= 4 is 12.0 Å². The number of nitrogens with zero attached hydrogens (tertiary/aromatic N) is 2. The number of hydrogen-bond donors (Lipinski definition) is 2. The molecular formula is C13H22N2O5. The second-order valence-electron chi connectivity index (χ2n) is 4.58. The number of likely N-dealkylation sites (N-methyl/N-ethyl adjacent to an activating group) is 1. The van der Waals surface area contributed by atoms with Gasteiger partial charge < -0.3 is 24.7 Å². The number of hydrogen-bond acceptors (Lipinski definition) is 4. The molecule has 0 aliphatic carbocycles. The lowest BCUT2D eigenvalue weighted by Gasteiger charge is -2.34. The summed E-state index contributed by atoms with van der Waals surface area (Å²) in [5, 5.41) is 18.2. The summed E-state index contributed by atoms with van der Waals surface area (Å²) in [4.78, 5) is 26.6. The van der Waals surface area contributed by atoms with Crippen molar-refractivity contribution in [2.75, 3.05) is 39.5 Å². The molecule has 1 fully saturated rings. The maximum absolute atomic E-state index is 12.5. The first-order valence-electron chi connectivity index (χ1n) is 6.64. The number of aliphatic hydroxyl groups is 1. The summed E-state index contributed by atoms with van der Waals surface area (Å²) < 4.78 is 5.20. The van der Waals surface area contributed by atoms with E-state index in [-0.39, 0.29) is 32.4 Å². The lowest BCUT2D eigenvalue weighted by atomic mass is 10.0. The van der Waals surface area contributed by atoms with E-state index in [1.54, 1.807) is 13.0 Å². The fourth-order valence-corrected chi connectivity index (χ4v) is 2.32. The number of carbonyl (C=O) groups excluding carboxylic acids is 1. The van der Waals surface area contributed by atoms with E-state index in [9.17, 15) is 9.59 Å². The smallest absolute Gasteiger partial charge is 0.320 e. The molecule has 0 saturated carbocycles. The molecule has 0 radical (unpaired) electrons. The number of amides is 2. The minimum atomic E-state index is -0.962. The Balaban J connectivity index is 2.84.